The predicted molar refractivity (Wildman–Crippen MR) is 84.7 cm³/mol. The minimum atomic E-state index is -4.61. The average Bonchev–Trinajstić information content (AvgIpc) is 2.75. The third kappa shape index (κ3) is 6.90. The zero-order valence-electron chi connectivity index (χ0n) is 14.2. The molecule has 0 aliphatic carbocycles. The van der Waals surface area contributed by atoms with Crippen LogP contribution in [0.15, 0.2) is 0 Å². The molecule has 26 heavy (non-hydrogen) atoms. The van der Waals surface area contributed by atoms with Gasteiger partial charge in [0.05, 0.1) is 5.69 Å². The van der Waals surface area contributed by atoms with Gasteiger partial charge in [0.1, 0.15) is 17.3 Å². The lowest BCUT2D eigenvalue weighted by atomic mass is 10.2. The maximum atomic E-state index is 12.0. The quantitative estimate of drug-likeness (QED) is 0.714. The monoisotopic (exact) mass is 398 g/mol. The number of urea groups is 1. The number of hydrogen-bond donors (Lipinski definition) is 2. The van der Waals surface area contributed by atoms with Crippen LogP contribution in [0.3, 0.4) is 0 Å². The molecule has 1 rings (SSSR count). The smallest absolute Gasteiger partial charge is 0.405 e. The van der Waals surface area contributed by atoms with Gasteiger partial charge >= 0.3 is 18.2 Å². The maximum Gasteiger partial charge on any atom is 0.405 e. The number of carbonyl (C=O) groups is 3. The number of amides is 3. The van der Waals surface area contributed by atoms with E-state index >= 15 is 0 Å². The van der Waals surface area contributed by atoms with Gasteiger partial charge in [0.25, 0.3) is 5.91 Å². The highest BCUT2D eigenvalue weighted by molar-refractivity contribution is 6.32. The summed E-state index contributed by atoms with van der Waals surface area (Å²) in [6.45, 7) is 3.38. The summed E-state index contributed by atoms with van der Waals surface area (Å²) in [4.78, 5) is 34.6. The number of halogens is 4. The van der Waals surface area contributed by atoms with E-state index in [1.807, 2.05) is 13.8 Å². The molecule has 0 bridgehead atoms. The lowest BCUT2D eigenvalue weighted by Gasteiger charge is -2.09. The summed E-state index contributed by atoms with van der Waals surface area (Å²) >= 11 is 6.08. The van der Waals surface area contributed by atoms with E-state index in [4.69, 9.17) is 16.3 Å². The summed E-state index contributed by atoms with van der Waals surface area (Å²) < 4.78 is 41.9. The molecule has 12 heteroatoms. The first-order chi connectivity index (χ1) is 11.9. The lowest BCUT2D eigenvalue weighted by molar-refractivity contribution is -0.125. The van der Waals surface area contributed by atoms with Gasteiger partial charge in [-0.2, -0.15) is 18.3 Å². The summed E-state index contributed by atoms with van der Waals surface area (Å²) in [7, 11) is 0. The number of imide groups is 1. The molecule has 0 saturated heterocycles. The van der Waals surface area contributed by atoms with E-state index in [-0.39, 0.29) is 16.6 Å². The van der Waals surface area contributed by atoms with E-state index in [1.54, 1.807) is 5.32 Å². The summed E-state index contributed by atoms with van der Waals surface area (Å²) in [5, 5.41) is 7.19. The second-order valence-corrected chi connectivity index (χ2v) is 6.11. The van der Waals surface area contributed by atoms with Crippen molar-refractivity contribution in [2.24, 2.45) is 5.92 Å². The lowest BCUT2D eigenvalue weighted by Crippen LogP contribution is -2.44. The molecule has 0 saturated carbocycles. The Hall–Kier alpha value is -2.30. The fraction of sp³-hybridized carbons (Fsp3) is 0.571. The summed E-state index contributed by atoms with van der Waals surface area (Å²) in [5.74, 6) is -1.81. The first kappa shape index (κ1) is 21.7. The number of nitrogens with one attached hydrogen (secondary N) is 2. The van der Waals surface area contributed by atoms with E-state index in [9.17, 15) is 27.6 Å². The zero-order chi connectivity index (χ0) is 20.1. The van der Waals surface area contributed by atoms with Crippen LogP contribution in [-0.4, -0.2) is 47.0 Å². The van der Waals surface area contributed by atoms with Crippen LogP contribution in [0, 0.1) is 12.8 Å². The number of rotatable bonds is 6. The van der Waals surface area contributed by atoms with Crippen LogP contribution in [-0.2, 0) is 16.1 Å². The van der Waals surface area contributed by atoms with Crippen molar-refractivity contribution in [3.63, 3.8) is 0 Å². The molecule has 1 aromatic rings. The highest BCUT2D eigenvalue weighted by Gasteiger charge is 2.28. The summed E-state index contributed by atoms with van der Waals surface area (Å²) in [6.07, 6.45) is -4.61. The predicted octanol–water partition coefficient (Wildman–Crippen LogP) is 2.05. The molecular formula is C14H18ClF3N4O4. The molecule has 2 N–H and O–H groups in total. The molecule has 0 aliphatic rings. The highest BCUT2D eigenvalue weighted by atomic mass is 35.5. The van der Waals surface area contributed by atoms with Crippen LogP contribution in [0.25, 0.3) is 0 Å². The second-order valence-electron chi connectivity index (χ2n) is 5.75. The third-order valence-electron chi connectivity index (χ3n) is 2.84. The molecule has 0 aliphatic heterocycles. The fourth-order valence-corrected chi connectivity index (χ4v) is 2.16. The van der Waals surface area contributed by atoms with Crippen molar-refractivity contribution >= 4 is 29.5 Å². The Morgan fingerprint density at radius 1 is 1.31 bits per heavy atom. The first-order valence-corrected chi connectivity index (χ1v) is 7.83. The fourth-order valence-electron chi connectivity index (χ4n) is 1.84. The largest absolute Gasteiger partial charge is 0.452 e. The van der Waals surface area contributed by atoms with Gasteiger partial charge in [-0.1, -0.05) is 25.4 Å². The van der Waals surface area contributed by atoms with Crippen LogP contribution in [0.5, 0.6) is 0 Å². The summed E-state index contributed by atoms with van der Waals surface area (Å²) in [6, 6.07) is -1.36. The Labute approximate surface area is 152 Å². The van der Waals surface area contributed by atoms with Crippen LogP contribution in [0.2, 0.25) is 5.15 Å². The number of nitrogens with zero attached hydrogens (tertiary/aromatic N) is 2. The number of ether oxygens (including phenoxy) is 1. The SMILES string of the molecule is Cc1nn(CC(C)C)c(Cl)c1C(=O)OCC(=O)NC(=O)NCC(F)(F)F. The van der Waals surface area contributed by atoms with Crippen molar-refractivity contribution in [1.82, 2.24) is 20.4 Å². The molecule has 0 unspecified atom stereocenters. The Morgan fingerprint density at radius 2 is 1.92 bits per heavy atom. The van der Waals surface area contributed by atoms with Gasteiger partial charge in [-0.05, 0) is 12.8 Å². The molecule has 0 radical (unpaired) electrons. The molecule has 1 heterocycles. The molecule has 0 aromatic carbocycles. The number of aromatic nitrogens is 2. The van der Waals surface area contributed by atoms with Crippen molar-refractivity contribution in [2.45, 2.75) is 33.5 Å². The van der Waals surface area contributed by atoms with Gasteiger partial charge in [-0.25, -0.2) is 9.59 Å². The van der Waals surface area contributed by atoms with Gasteiger partial charge in [0, 0.05) is 6.54 Å². The van der Waals surface area contributed by atoms with Gasteiger partial charge in [0.2, 0.25) is 0 Å². The minimum absolute atomic E-state index is 0.0263. The molecule has 0 fully saturated rings. The first-order valence-electron chi connectivity index (χ1n) is 7.45. The van der Waals surface area contributed by atoms with Crippen molar-refractivity contribution in [3.8, 4) is 0 Å². The molecule has 146 valence electrons. The summed E-state index contributed by atoms with van der Waals surface area (Å²) in [5.41, 5.74) is 0.269. The third-order valence-corrected chi connectivity index (χ3v) is 3.23. The molecule has 0 spiro atoms. The molecular weight excluding hydrogens is 381 g/mol. The molecule has 1 aromatic heterocycles. The zero-order valence-corrected chi connectivity index (χ0v) is 15.0. The number of esters is 1. The Balaban J connectivity index is 2.57. The van der Waals surface area contributed by atoms with Gasteiger partial charge in [-0.3, -0.25) is 14.8 Å². The van der Waals surface area contributed by atoms with Crippen LogP contribution >= 0.6 is 11.6 Å². The van der Waals surface area contributed by atoms with E-state index < -0.39 is 37.2 Å². The van der Waals surface area contributed by atoms with E-state index in [0.717, 1.165) is 0 Å². The van der Waals surface area contributed by atoms with Gasteiger partial charge < -0.3 is 10.1 Å². The van der Waals surface area contributed by atoms with Crippen LogP contribution in [0.4, 0.5) is 18.0 Å². The van der Waals surface area contributed by atoms with Crippen LogP contribution < -0.4 is 10.6 Å². The maximum absolute atomic E-state index is 12.0. The normalized spacial score (nSPS) is 11.4. The van der Waals surface area contributed by atoms with E-state index in [0.29, 0.717) is 12.2 Å². The van der Waals surface area contributed by atoms with Crippen molar-refractivity contribution in [3.05, 3.63) is 16.4 Å². The number of hydrogen-bond acceptors (Lipinski definition) is 5. The van der Waals surface area contributed by atoms with Crippen molar-refractivity contribution < 1.29 is 32.3 Å². The van der Waals surface area contributed by atoms with E-state index in [2.05, 4.69) is 5.10 Å². The number of carbonyl (C=O) groups excluding carboxylic acids is 3. The molecule has 8 nitrogen and oxygen atoms in total. The van der Waals surface area contributed by atoms with Gasteiger partial charge in [0.15, 0.2) is 6.61 Å². The molecule has 3 amide bonds. The Kier molecular flexibility index (Phi) is 7.42. The van der Waals surface area contributed by atoms with E-state index in [1.165, 1.54) is 16.9 Å². The Morgan fingerprint density at radius 3 is 2.46 bits per heavy atom. The number of alkyl halides is 3. The topological polar surface area (TPSA) is 102 Å². The van der Waals surface area contributed by atoms with Crippen molar-refractivity contribution in [1.29, 1.82) is 0 Å². The number of aryl methyl sites for hydroxylation is 1. The molecule has 0 atom stereocenters. The average molecular weight is 399 g/mol. The van der Waals surface area contributed by atoms with Crippen LogP contribution in [0.1, 0.15) is 29.9 Å². The Bertz CT molecular complexity index is 688. The van der Waals surface area contributed by atoms with Gasteiger partial charge in [-0.15, -0.1) is 0 Å². The second kappa shape index (κ2) is 8.88. The standard InChI is InChI=1S/C14H18ClF3N4O4/c1-7(2)4-22-11(15)10(8(3)21-22)12(24)26-5-9(23)20-13(25)19-6-14(16,17)18/h7H,4-6H2,1-3H3,(H2,19,20,23,25). The highest BCUT2D eigenvalue weighted by Crippen LogP contribution is 2.21. The van der Waals surface area contributed by atoms with Crippen molar-refractivity contribution in [2.75, 3.05) is 13.2 Å². The minimum Gasteiger partial charge on any atom is -0.452 e.